The molecule has 0 fully saturated rings. The van der Waals surface area contributed by atoms with Crippen LogP contribution in [0.5, 0.6) is 5.75 Å². The van der Waals surface area contributed by atoms with E-state index in [-0.39, 0.29) is 0 Å². The Morgan fingerprint density at radius 2 is 2.10 bits per heavy atom. The third kappa shape index (κ3) is 9.19. The van der Waals surface area contributed by atoms with Crippen molar-refractivity contribution in [2.24, 2.45) is 0 Å². The SMILES string of the molecule is Cc1cccc(OCCCCNCCSS(=O)(=O)O)c1. The third-order valence-electron chi connectivity index (χ3n) is 2.52. The van der Waals surface area contributed by atoms with Gasteiger partial charge in [-0.3, -0.25) is 4.55 Å². The molecule has 0 radical (unpaired) electrons. The van der Waals surface area contributed by atoms with E-state index in [1.54, 1.807) is 0 Å². The second-order valence-electron chi connectivity index (χ2n) is 4.37. The lowest BCUT2D eigenvalue weighted by Crippen LogP contribution is -2.19. The fraction of sp³-hybridized carbons (Fsp3) is 0.538. The summed E-state index contributed by atoms with van der Waals surface area (Å²) in [6.07, 6.45) is 1.90. The molecule has 0 bridgehead atoms. The Hall–Kier alpha value is -0.760. The highest BCUT2D eigenvalue weighted by Gasteiger charge is 2.03. The highest BCUT2D eigenvalue weighted by Crippen LogP contribution is 2.12. The lowest BCUT2D eigenvalue weighted by molar-refractivity contribution is 0.306. The molecule has 0 aromatic heterocycles. The maximum Gasteiger partial charge on any atom is 0.319 e. The van der Waals surface area contributed by atoms with E-state index in [2.05, 4.69) is 5.32 Å². The van der Waals surface area contributed by atoms with Crippen molar-refractivity contribution in [2.75, 3.05) is 25.4 Å². The van der Waals surface area contributed by atoms with Gasteiger partial charge in [0.1, 0.15) is 5.75 Å². The number of unbranched alkanes of at least 4 members (excludes halogenated alkanes) is 1. The number of rotatable bonds is 10. The third-order valence-corrected chi connectivity index (χ3v) is 4.58. The quantitative estimate of drug-likeness (QED) is 0.391. The van der Waals surface area contributed by atoms with Crippen molar-refractivity contribution in [3.63, 3.8) is 0 Å². The zero-order valence-corrected chi connectivity index (χ0v) is 13.2. The first-order valence-corrected chi connectivity index (χ1v) is 9.44. The van der Waals surface area contributed by atoms with Gasteiger partial charge in [0.25, 0.3) is 0 Å². The molecule has 0 aliphatic heterocycles. The standard InChI is InChI=1S/C13H21NO4S2/c1-12-5-4-6-13(11-12)18-9-3-2-7-14-8-10-19-20(15,16)17/h4-6,11,14H,2-3,7-10H2,1H3,(H,15,16,17). The Morgan fingerprint density at radius 3 is 2.80 bits per heavy atom. The van der Waals surface area contributed by atoms with E-state index >= 15 is 0 Å². The van der Waals surface area contributed by atoms with Gasteiger partial charge in [-0.1, -0.05) is 12.1 Å². The number of benzene rings is 1. The van der Waals surface area contributed by atoms with Gasteiger partial charge in [-0.2, -0.15) is 8.42 Å². The zero-order valence-electron chi connectivity index (χ0n) is 11.5. The summed E-state index contributed by atoms with van der Waals surface area (Å²) in [5, 5.41) is 3.11. The van der Waals surface area contributed by atoms with Crippen LogP contribution in [0.25, 0.3) is 0 Å². The largest absolute Gasteiger partial charge is 0.494 e. The smallest absolute Gasteiger partial charge is 0.319 e. The fourth-order valence-corrected chi connectivity index (χ4v) is 2.91. The Balaban J connectivity index is 1.95. The summed E-state index contributed by atoms with van der Waals surface area (Å²) in [4.78, 5) is 0. The first-order chi connectivity index (χ1) is 9.47. The van der Waals surface area contributed by atoms with E-state index in [0.29, 0.717) is 29.7 Å². The van der Waals surface area contributed by atoms with Gasteiger partial charge in [0.05, 0.1) is 6.61 Å². The van der Waals surface area contributed by atoms with E-state index in [4.69, 9.17) is 9.29 Å². The second-order valence-corrected chi connectivity index (χ2v) is 7.84. The van der Waals surface area contributed by atoms with Crippen LogP contribution in [0.15, 0.2) is 24.3 Å². The summed E-state index contributed by atoms with van der Waals surface area (Å²) < 4.78 is 35.0. The van der Waals surface area contributed by atoms with E-state index in [9.17, 15) is 8.42 Å². The number of nitrogens with one attached hydrogen (secondary N) is 1. The number of ether oxygens (including phenoxy) is 1. The molecule has 0 amide bonds. The second kappa shape index (κ2) is 9.23. The topological polar surface area (TPSA) is 75.6 Å². The predicted molar refractivity (Wildman–Crippen MR) is 82.8 cm³/mol. The average molecular weight is 319 g/mol. The van der Waals surface area contributed by atoms with Gasteiger partial charge < -0.3 is 10.1 Å². The Kier molecular flexibility index (Phi) is 7.98. The monoisotopic (exact) mass is 319 g/mol. The van der Waals surface area contributed by atoms with E-state index in [0.717, 1.165) is 25.1 Å². The molecule has 0 atom stereocenters. The predicted octanol–water partition coefficient (Wildman–Crippen LogP) is 2.28. The van der Waals surface area contributed by atoms with Crippen molar-refractivity contribution in [1.29, 1.82) is 0 Å². The molecule has 2 N–H and O–H groups in total. The Morgan fingerprint density at radius 1 is 1.30 bits per heavy atom. The van der Waals surface area contributed by atoms with Gasteiger partial charge in [0.15, 0.2) is 0 Å². The minimum Gasteiger partial charge on any atom is -0.494 e. The van der Waals surface area contributed by atoms with Crippen LogP contribution in [-0.2, 0) is 9.15 Å². The summed E-state index contributed by atoms with van der Waals surface area (Å²) in [5.74, 6) is 1.24. The summed E-state index contributed by atoms with van der Waals surface area (Å²) in [5.41, 5.74) is 1.18. The molecule has 1 aromatic carbocycles. The zero-order chi connectivity index (χ0) is 14.8. The molecule has 1 aromatic rings. The van der Waals surface area contributed by atoms with Crippen molar-refractivity contribution in [1.82, 2.24) is 5.32 Å². The molecule has 1 rings (SSSR count). The van der Waals surface area contributed by atoms with Crippen molar-refractivity contribution in [2.45, 2.75) is 19.8 Å². The minimum absolute atomic E-state index is 0.346. The number of hydrogen-bond acceptors (Lipinski definition) is 5. The normalized spacial score (nSPS) is 11.5. The first-order valence-electron chi connectivity index (χ1n) is 6.49. The summed E-state index contributed by atoms with van der Waals surface area (Å²) in [7, 11) is -3.36. The fourth-order valence-electron chi connectivity index (χ4n) is 1.59. The van der Waals surface area contributed by atoms with Gasteiger partial charge in [-0.25, -0.2) is 0 Å². The molecule has 0 aliphatic rings. The molecule has 0 heterocycles. The highest BCUT2D eigenvalue weighted by molar-refractivity contribution is 8.69. The van der Waals surface area contributed by atoms with Crippen LogP contribution in [-0.4, -0.2) is 38.4 Å². The van der Waals surface area contributed by atoms with Crippen LogP contribution < -0.4 is 10.1 Å². The van der Waals surface area contributed by atoms with E-state index < -0.39 is 9.15 Å². The lowest BCUT2D eigenvalue weighted by Gasteiger charge is -2.07. The van der Waals surface area contributed by atoms with Crippen LogP contribution in [0.4, 0.5) is 0 Å². The molecule has 0 saturated carbocycles. The van der Waals surface area contributed by atoms with Gasteiger partial charge in [0, 0.05) is 12.3 Å². The number of aryl methyl sites for hydroxylation is 1. The Labute approximate surface area is 124 Å². The molecule has 20 heavy (non-hydrogen) atoms. The molecule has 0 unspecified atom stereocenters. The van der Waals surface area contributed by atoms with Crippen molar-refractivity contribution in [3.8, 4) is 5.75 Å². The van der Waals surface area contributed by atoms with Crippen molar-refractivity contribution < 1.29 is 17.7 Å². The molecule has 7 heteroatoms. The molecule has 0 spiro atoms. The molecule has 0 saturated heterocycles. The molecule has 114 valence electrons. The van der Waals surface area contributed by atoms with Crippen LogP contribution in [0.1, 0.15) is 18.4 Å². The van der Waals surface area contributed by atoms with E-state index in [1.807, 2.05) is 31.2 Å². The minimum atomic E-state index is -3.90. The van der Waals surface area contributed by atoms with Gasteiger partial charge in [-0.15, -0.1) is 0 Å². The van der Waals surface area contributed by atoms with Crippen LogP contribution in [0, 0.1) is 6.92 Å². The van der Waals surface area contributed by atoms with Gasteiger partial charge in [0.2, 0.25) is 0 Å². The summed E-state index contributed by atoms with van der Waals surface area (Å²) in [6, 6.07) is 7.95. The molecular weight excluding hydrogens is 298 g/mol. The van der Waals surface area contributed by atoms with E-state index in [1.165, 1.54) is 5.56 Å². The maximum atomic E-state index is 10.4. The molecule has 5 nitrogen and oxygen atoms in total. The lowest BCUT2D eigenvalue weighted by atomic mass is 10.2. The van der Waals surface area contributed by atoms with Gasteiger partial charge >= 0.3 is 9.15 Å². The van der Waals surface area contributed by atoms with Crippen LogP contribution in [0.3, 0.4) is 0 Å². The average Bonchev–Trinajstić information content (AvgIpc) is 2.35. The highest BCUT2D eigenvalue weighted by atomic mass is 33.1. The Bertz CT molecular complexity index is 491. The van der Waals surface area contributed by atoms with Crippen molar-refractivity contribution >= 4 is 19.9 Å². The maximum absolute atomic E-state index is 10.4. The molecular formula is C13H21NO4S2. The van der Waals surface area contributed by atoms with Crippen molar-refractivity contribution in [3.05, 3.63) is 29.8 Å². The van der Waals surface area contributed by atoms with Crippen LogP contribution in [0.2, 0.25) is 0 Å². The summed E-state index contributed by atoms with van der Waals surface area (Å²) >= 11 is 0. The van der Waals surface area contributed by atoms with Gasteiger partial charge in [-0.05, 0) is 54.8 Å². The number of hydrogen-bond donors (Lipinski definition) is 2. The summed E-state index contributed by atoms with van der Waals surface area (Å²) in [6.45, 7) is 4.07. The first kappa shape index (κ1) is 17.3. The molecule has 0 aliphatic carbocycles. The van der Waals surface area contributed by atoms with Crippen LogP contribution >= 0.6 is 10.8 Å².